The van der Waals surface area contributed by atoms with Crippen LogP contribution in [0.25, 0.3) is 0 Å². The maximum Gasteiger partial charge on any atom is 0.128 e. The summed E-state index contributed by atoms with van der Waals surface area (Å²) in [6, 6.07) is 4.02. The van der Waals surface area contributed by atoms with Crippen molar-refractivity contribution in [1.82, 2.24) is 0 Å². The first-order valence-corrected chi connectivity index (χ1v) is 4.39. The molecule has 0 aliphatic heterocycles. The summed E-state index contributed by atoms with van der Waals surface area (Å²) in [5.41, 5.74) is 6.77. The first-order valence-electron chi connectivity index (χ1n) is 4.39. The van der Waals surface area contributed by atoms with Gasteiger partial charge in [-0.3, -0.25) is 0 Å². The van der Waals surface area contributed by atoms with Crippen molar-refractivity contribution in [3.63, 3.8) is 0 Å². The molecule has 0 saturated heterocycles. The van der Waals surface area contributed by atoms with Gasteiger partial charge in [0.15, 0.2) is 0 Å². The Bertz CT molecular complexity index is 315. The van der Waals surface area contributed by atoms with Gasteiger partial charge in [-0.25, -0.2) is 4.39 Å². The molecule has 0 aromatic heterocycles. The molecule has 0 amide bonds. The molecule has 1 unspecified atom stereocenters. The van der Waals surface area contributed by atoms with Gasteiger partial charge in [-0.15, -0.1) is 0 Å². The van der Waals surface area contributed by atoms with E-state index in [1.54, 1.807) is 12.1 Å². The van der Waals surface area contributed by atoms with E-state index in [9.17, 15) is 4.39 Å². The molecule has 0 aliphatic carbocycles. The fourth-order valence-electron chi connectivity index (χ4n) is 1.19. The Morgan fingerprint density at radius 3 is 2.64 bits per heavy atom. The summed E-state index contributed by atoms with van der Waals surface area (Å²) in [4.78, 5) is 1.85. The second-order valence-corrected chi connectivity index (χ2v) is 3.39. The van der Waals surface area contributed by atoms with Gasteiger partial charge in [-0.05, 0) is 18.2 Å². The third kappa shape index (κ3) is 2.21. The van der Waals surface area contributed by atoms with Crippen LogP contribution in [0.4, 0.5) is 10.1 Å². The van der Waals surface area contributed by atoms with Gasteiger partial charge in [-0.2, -0.15) is 0 Å². The van der Waals surface area contributed by atoms with Crippen LogP contribution in [-0.2, 0) is 0 Å². The number of rotatable bonds is 3. The van der Waals surface area contributed by atoms with E-state index in [2.05, 4.69) is 0 Å². The Kier molecular flexibility index (Phi) is 3.43. The standard InChI is InChI=1S/C10H15FN2O/c1-13(2)7-3-4-9(11)8(5-7)10(12)6-14/h3-5,10,14H,6,12H2,1-2H3. The summed E-state index contributed by atoms with van der Waals surface area (Å²) in [7, 11) is 3.73. The van der Waals surface area contributed by atoms with Crippen molar-refractivity contribution in [2.24, 2.45) is 5.73 Å². The molecule has 1 rings (SSSR count). The smallest absolute Gasteiger partial charge is 0.128 e. The van der Waals surface area contributed by atoms with Crippen LogP contribution in [0.2, 0.25) is 0 Å². The highest BCUT2D eigenvalue weighted by Crippen LogP contribution is 2.21. The summed E-state index contributed by atoms with van der Waals surface area (Å²) in [6.45, 7) is -0.256. The zero-order chi connectivity index (χ0) is 10.7. The highest BCUT2D eigenvalue weighted by Gasteiger charge is 2.11. The third-order valence-electron chi connectivity index (χ3n) is 2.09. The SMILES string of the molecule is CN(C)c1ccc(F)c(C(N)CO)c1. The Labute approximate surface area is 83.0 Å². The molecule has 1 aromatic rings. The third-order valence-corrected chi connectivity index (χ3v) is 2.09. The van der Waals surface area contributed by atoms with Gasteiger partial charge in [0.1, 0.15) is 5.82 Å². The summed E-state index contributed by atoms with van der Waals surface area (Å²) < 4.78 is 13.3. The average molecular weight is 198 g/mol. The van der Waals surface area contributed by atoms with Crippen LogP contribution < -0.4 is 10.6 Å². The van der Waals surface area contributed by atoms with E-state index in [4.69, 9.17) is 10.8 Å². The van der Waals surface area contributed by atoms with E-state index in [-0.39, 0.29) is 12.4 Å². The predicted molar refractivity (Wildman–Crippen MR) is 54.7 cm³/mol. The summed E-state index contributed by atoms with van der Waals surface area (Å²) in [5.74, 6) is -0.378. The largest absolute Gasteiger partial charge is 0.394 e. The highest BCUT2D eigenvalue weighted by molar-refractivity contribution is 5.48. The van der Waals surface area contributed by atoms with Gasteiger partial charge in [0, 0.05) is 25.3 Å². The van der Waals surface area contributed by atoms with E-state index in [1.807, 2.05) is 19.0 Å². The quantitative estimate of drug-likeness (QED) is 0.758. The van der Waals surface area contributed by atoms with Gasteiger partial charge in [-0.1, -0.05) is 0 Å². The van der Waals surface area contributed by atoms with E-state index in [0.717, 1.165) is 5.69 Å². The molecule has 78 valence electrons. The van der Waals surface area contributed by atoms with E-state index in [0.29, 0.717) is 5.56 Å². The Morgan fingerprint density at radius 2 is 2.14 bits per heavy atom. The van der Waals surface area contributed by atoms with Gasteiger partial charge < -0.3 is 15.7 Å². The molecule has 4 heteroatoms. The van der Waals surface area contributed by atoms with Crippen LogP contribution in [0.1, 0.15) is 11.6 Å². The second-order valence-electron chi connectivity index (χ2n) is 3.39. The lowest BCUT2D eigenvalue weighted by molar-refractivity contribution is 0.265. The Morgan fingerprint density at radius 1 is 1.50 bits per heavy atom. The zero-order valence-electron chi connectivity index (χ0n) is 8.37. The molecule has 0 radical (unpaired) electrons. The van der Waals surface area contributed by atoms with Gasteiger partial charge in [0.25, 0.3) is 0 Å². The van der Waals surface area contributed by atoms with Crippen molar-refractivity contribution < 1.29 is 9.50 Å². The molecule has 0 saturated carbocycles. The molecule has 14 heavy (non-hydrogen) atoms. The predicted octanol–water partition coefficient (Wildman–Crippen LogP) is 0.884. The number of hydrogen-bond acceptors (Lipinski definition) is 3. The first kappa shape index (κ1) is 10.9. The van der Waals surface area contributed by atoms with Crippen LogP contribution in [0.3, 0.4) is 0 Å². The molecule has 0 aliphatic rings. The monoisotopic (exact) mass is 198 g/mol. The maximum absolute atomic E-state index is 13.3. The maximum atomic E-state index is 13.3. The number of nitrogens with zero attached hydrogens (tertiary/aromatic N) is 1. The van der Waals surface area contributed by atoms with Crippen molar-refractivity contribution in [3.05, 3.63) is 29.6 Å². The van der Waals surface area contributed by atoms with Crippen molar-refractivity contribution >= 4 is 5.69 Å². The van der Waals surface area contributed by atoms with E-state index < -0.39 is 6.04 Å². The first-order chi connectivity index (χ1) is 6.56. The molecule has 1 aromatic carbocycles. The number of aliphatic hydroxyl groups is 1. The van der Waals surface area contributed by atoms with E-state index >= 15 is 0 Å². The van der Waals surface area contributed by atoms with Crippen molar-refractivity contribution in [3.8, 4) is 0 Å². The average Bonchev–Trinajstić information content (AvgIpc) is 2.17. The Balaban J connectivity index is 3.08. The zero-order valence-corrected chi connectivity index (χ0v) is 8.37. The number of benzene rings is 1. The van der Waals surface area contributed by atoms with Gasteiger partial charge in [0.2, 0.25) is 0 Å². The highest BCUT2D eigenvalue weighted by atomic mass is 19.1. The van der Waals surface area contributed by atoms with Crippen LogP contribution in [0, 0.1) is 5.82 Å². The molecule has 0 bridgehead atoms. The fraction of sp³-hybridized carbons (Fsp3) is 0.400. The van der Waals surface area contributed by atoms with E-state index in [1.165, 1.54) is 6.07 Å². The van der Waals surface area contributed by atoms with Crippen LogP contribution in [0.15, 0.2) is 18.2 Å². The van der Waals surface area contributed by atoms with Gasteiger partial charge in [0.05, 0.1) is 12.6 Å². The minimum Gasteiger partial charge on any atom is -0.394 e. The second kappa shape index (κ2) is 4.39. The van der Waals surface area contributed by atoms with Gasteiger partial charge >= 0.3 is 0 Å². The van der Waals surface area contributed by atoms with Crippen molar-refractivity contribution in [1.29, 1.82) is 0 Å². The summed E-state index contributed by atoms with van der Waals surface area (Å²) >= 11 is 0. The van der Waals surface area contributed by atoms with Crippen LogP contribution in [-0.4, -0.2) is 25.8 Å². The molecule has 0 heterocycles. The lowest BCUT2D eigenvalue weighted by atomic mass is 10.1. The number of halogens is 1. The summed E-state index contributed by atoms with van der Waals surface area (Å²) in [5, 5.41) is 8.84. The molecule has 3 nitrogen and oxygen atoms in total. The molecule has 0 fully saturated rings. The molecule has 0 spiro atoms. The molecule has 3 N–H and O–H groups in total. The molecule has 1 atom stereocenters. The lowest BCUT2D eigenvalue weighted by Crippen LogP contribution is -2.17. The minimum atomic E-state index is -0.658. The number of hydrogen-bond donors (Lipinski definition) is 2. The van der Waals surface area contributed by atoms with Crippen LogP contribution in [0.5, 0.6) is 0 Å². The van der Waals surface area contributed by atoms with Crippen molar-refractivity contribution in [2.75, 3.05) is 25.6 Å². The van der Waals surface area contributed by atoms with Crippen molar-refractivity contribution in [2.45, 2.75) is 6.04 Å². The van der Waals surface area contributed by atoms with Crippen LogP contribution >= 0.6 is 0 Å². The number of aliphatic hydroxyl groups excluding tert-OH is 1. The Hall–Kier alpha value is -1.13. The molecular weight excluding hydrogens is 183 g/mol. The normalized spacial score (nSPS) is 12.6. The fourth-order valence-corrected chi connectivity index (χ4v) is 1.19. The summed E-state index contributed by atoms with van der Waals surface area (Å²) in [6.07, 6.45) is 0. The topological polar surface area (TPSA) is 49.5 Å². The minimum absolute atomic E-state index is 0.256. The number of anilines is 1. The molecular formula is C10H15FN2O. The number of nitrogens with two attached hydrogens (primary N) is 1. The lowest BCUT2D eigenvalue weighted by Gasteiger charge is -2.16.